The number of ether oxygens (including phenoxy) is 3. The summed E-state index contributed by atoms with van der Waals surface area (Å²) in [5, 5.41) is 0. The largest absolute Gasteiger partial charge is 0.497 e. The van der Waals surface area contributed by atoms with Gasteiger partial charge in [-0.1, -0.05) is 12.1 Å². The van der Waals surface area contributed by atoms with Gasteiger partial charge in [0.15, 0.2) is 6.29 Å². The summed E-state index contributed by atoms with van der Waals surface area (Å²) in [5.74, 6) is 0.865. The number of rotatable bonds is 6. The van der Waals surface area contributed by atoms with E-state index in [0.717, 1.165) is 12.2 Å². The highest BCUT2D eigenvalue weighted by Gasteiger charge is 2.07. The lowest BCUT2D eigenvalue weighted by atomic mass is 10.1. The summed E-state index contributed by atoms with van der Waals surface area (Å²) in [7, 11) is 3.32. The molecule has 0 N–H and O–H groups in total. The van der Waals surface area contributed by atoms with Crippen LogP contribution in [-0.2, 0) is 15.9 Å². The van der Waals surface area contributed by atoms with E-state index in [0.29, 0.717) is 6.61 Å². The SMILES string of the molecule is CCOC(Cc1ccc(OC)cc1)OC. The van der Waals surface area contributed by atoms with Crippen LogP contribution in [0.4, 0.5) is 0 Å². The molecule has 15 heavy (non-hydrogen) atoms. The van der Waals surface area contributed by atoms with Crippen LogP contribution in [0.25, 0.3) is 0 Å². The minimum atomic E-state index is -0.164. The van der Waals surface area contributed by atoms with Gasteiger partial charge in [-0.05, 0) is 24.6 Å². The zero-order valence-corrected chi connectivity index (χ0v) is 9.53. The van der Waals surface area contributed by atoms with E-state index >= 15 is 0 Å². The quantitative estimate of drug-likeness (QED) is 0.674. The Labute approximate surface area is 91.0 Å². The number of benzene rings is 1. The smallest absolute Gasteiger partial charge is 0.161 e. The summed E-state index contributed by atoms with van der Waals surface area (Å²) in [6, 6.07) is 7.91. The maximum atomic E-state index is 5.40. The van der Waals surface area contributed by atoms with E-state index in [-0.39, 0.29) is 6.29 Å². The molecule has 0 amide bonds. The van der Waals surface area contributed by atoms with Crippen LogP contribution in [0.1, 0.15) is 12.5 Å². The monoisotopic (exact) mass is 210 g/mol. The fourth-order valence-corrected chi connectivity index (χ4v) is 1.35. The first-order valence-electron chi connectivity index (χ1n) is 5.07. The van der Waals surface area contributed by atoms with E-state index in [1.807, 2.05) is 31.2 Å². The Morgan fingerprint density at radius 2 is 1.80 bits per heavy atom. The molecule has 0 spiro atoms. The summed E-state index contributed by atoms with van der Waals surface area (Å²) < 4.78 is 15.7. The van der Waals surface area contributed by atoms with Gasteiger partial charge in [-0.15, -0.1) is 0 Å². The molecule has 0 saturated carbocycles. The first-order valence-corrected chi connectivity index (χ1v) is 5.07. The molecule has 0 aliphatic carbocycles. The molecule has 1 unspecified atom stereocenters. The summed E-state index contributed by atoms with van der Waals surface area (Å²) in [5.41, 5.74) is 1.18. The zero-order chi connectivity index (χ0) is 11.1. The van der Waals surface area contributed by atoms with Gasteiger partial charge in [-0.2, -0.15) is 0 Å². The molecular weight excluding hydrogens is 192 g/mol. The van der Waals surface area contributed by atoms with E-state index in [4.69, 9.17) is 14.2 Å². The standard InChI is InChI=1S/C12H18O3/c1-4-15-12(14-3)9-10-5-7-11(13-2)8-6-10/h5-8,12H,4,9H2,1-3H3. The molecule has 0 bridgehead atoms. The van der Waals surface area contributed by atoms with Crippen molar-refractivity contribution in [1.82, 2.24) is 0 Å². The minimum Gasteiger partial charge on any atom is -0.497 e. The van der Waals surface area contributed by atoms with Gasteiger partial charge in [0, 0.05) is 20.1 Å². The van der Waals surface area contributed by atoms with Gasteiger partial charge >= 0.3 is 0 Å². The first-order chi connectivity index (χ1) is 7.30. The van der Waals surface area contributed by atoms with E-state index < -0.39 is 0 Å². The van der Waals surface area contributed by atoms with Crippen LogP contribution in [0, 0.1) is 0 Å². The lowest BCUT2D eigenvalue weighted by molar-refractivity contribution is -0.118. The molecule has 1 aromatic rings. The molecule has 0 aromatic heterocycles. The molecule has 0 aliphatic heterocycles. The number of hydrogen-bond donors (Lipinski definition) is 0. The van der Waals surface area contributed by atoms with Gasteiger partial charge in [0.1, 0.15) is 5.75 Å². The molecule has 1 aromatic carbocycles. The second-order valence-electron chi connectivity index (χ2n) is 3.17. The fraction of sp³-hybridized carbons (Fsp3) is 0.500. The second kappa shape index (κ2) is 6.43. The average Bonchev–Trinajstić information content (AvgIpc) is 2.29. The molecule has 1 rings (SSSR count). The lowest BCUT2D eigenvalue weighted by Crippen LogP contribution is -2.18. The molecule has 1 atom stereocenters. The Bertz CT molecular complexity index is 269. The highest BCUT2D eigenvalue weighted by atomic mass is 16.7. The van der Waals surface area contributed by atoms with Crippen molar-refractivity contribution in [2.45, 2.75) is 19.6 Å². The molecule has 84 valence electrons. The van der Waals surface area contributed by atoms with Crippen LogP contribution >= 0.6 is 0 Å². The Kier molecular flexibility index (Phi) is 5.15. The van der Waals surface area contributed by atoms with Gasteiger partial charge in [-0.25, -0.2) is 0 Å². The van der Waals surface area contributed by atoms with E-state index in [1.165, 1.54) is 5.56 Å². The molecule has 0 radical (unpaired) electrons. The molecule has 0 aliphatic rings. The maximum absolute atomic E-state index is 5.40. The van der Waals surface area contributed by atoms with Crippen molar-refractivity contribution < 1.29 is 14.2 Å². The number of hydrogen-bond acceptors (Lipinski definition) is 3. The lowest BCUT2D eigenvalue weighted by Gasteiger charge is -2.15. The van der Waals surface area contributed by atoms with Crippen molar-refractivity contribution in [3.8, 4) is 5.75 Å². The van der Waals surface area contributed by atoms with Crippen LogP contribution in [0.15, 0.2) is 24.3 Å². The Hall–Kier alpha value is -1.06. The van der Waals surface area contributed by atoms with Gasteiger partial charge in [0.05, 0.1) is 7.11 Å². The Morgan fingerprint density at radius 3 is 2.27 bits per heavy atom. The highest BCUT2D eigenvalue weighted by Crippen LogP contribution is 2.13. The van der Waals surface area contributed by atoms with Crippen LogP contribution in [0.3, 0.4) is 0 Å². The van der Waals surface area contributed by atoms with Gasteiger partial charge in [0.2, 0.25) is 0 Å². The topological polar surface area (TPSA) is 27.7 Å². The Morgan fingerprint density at radius 1 is 1.13 bits per heavy atom. The first kappa shape index (κ1) is 12.0. The Balaban J connectivity index is 2.55. The second-order valence-corrected chi connectivity index (χ2v) is 3.17. The summed E-state index contributed by atoms with van der Waals surface area (Å²) in [6.45, 7) is 2.62. The van der Waals surface area contributed by atoms with E-state index in [1.54, 1.807) is 14.2 Å². The van der Waals surface area contributed by atoms with Crippen molar-refractivity contribution in [3.05, 3.63) is 29.8 Å². The third kappa shape index (κ3) is 3.90. The average molecular weight is 210 g/mol. The molecule has 3 nitrogen and oxygen atoms in total. The van der Waals surface area contributed by atoms with Crippen LogP contribution in [0.2, 0.25) is 0 Å². The van der Waals surface area contributed by atoms with Crippen molar-refractivity contribution in [3.63, 3.8) is 0 Å². The van der Waals surface area contributed by atoms with Gasteiger partial charge in [0.25, 0.3) is 0 Å². The van der Waals surface area contributed by atoms with Crippen molar-refractivity contribution in [1.29, 1.82) is 0 Å². The van der Waals surface area contributed by atoms with Crippen molar-refractivity contribution in [2.75, 3.05) is 20.8 Å². The minimum absolute atomic E-state index is 0.164. The molecule has 3 heteroatoms. The number of methoxy groups -OCH3 is 2. The van der Waals surface area contributed by atoms with Crippen molar-refractivity contribution >= 4 is 0 Å². The molecular formula is C12H18O3. The molecule has 0 saturated heterocycles. The van der Waals surface area contributed by atoms with Crippen LogP contribution in [-0.4, -0.2) is 27.1 Å². The third-order valence-corrected chi connectivity index (χ3v) is 2.18. The maximum Gasteiger partial charge on any atom is 0.161 e. The summed E-state index contributed by atoms with van der Waals surface area (Å²) >= 11 is 0. The normalized spacial score (nSPS) is 12.5. The van der Waals surface area contributed by atoms with Crippen LogP contribution in [0.5, 0.6) is 5.75 Å². The summed E-state index contributed by atoms with van der Waals surface area (Å²) in [4.78, 5) is 0. The third-order valence-electron chi connectivity index (χ3n) is 2.18. The van der Waals surface area contributed by atoms with E-state index in [9.17, 15) is 0 Å². The van der Waals surface area contributed by atoms with Crippen LogP contribution < -0.4 is 4.74 Å². The summed E-state index contributed by atoms with van der Waals surface area (Å²) in [6.07, 6.45) is 0.595. The predicted octanol–water partition coefficient (Wildman–Crippen LogP) is 2.25. The molecule has 0 heterocycles. The van der Waals surface area contributed by atoms with Crippen molar-refractivity contribution in [2.24, 2.45) is 0 Å². The van der Waals surface area contributed by atoms with E-state index in [2.05, 4.69) is 0 Å². The zero-order valence-electron chi connectivity index (χ0n) is 9.53. The van der Waals surface area contributed by atoms with Gasteiger partial charge < -0.3 is 14.2 Å². The van der Waals surface area contributed by atoms with Gasteiger partial charge in [-0.3, -0.25) is 0 Å². The predicted molar refractivity (Wildman–Crippen MR) is 59.1 cm³/mol. The highest BCUT2D eigenvalue weighted by molar-refractivity contribution is 5.27. The molecule has 0 fully saturated rings. The fourth-order valence-electron chi connectivity index (χ4n) is 1.35.